The van der Waals surface area contributed by atoms with Crippen LogP contribution in [0.1, 0.15) is 29.5 Å². The monoisotopic (exact) mass is 417 g/mol. The van der Waals surface area contributed by atoms with Gasteiger partial charge in [0.2, 0.25) is 5.89 Å². The summed E-state index contributed by atoms with van der Waals surface area (Å²) >= 11 is 0. The van der Waals surface area contributed by atoms with Crippen molar-refractivity contribution in [3.63, 3.8) is 0 Å². The zero-order valence-corrected chi connectivity index (χ0v) is 17.7. The molecule has 1 aromatic carbocycles. The molecular formula is C23H23N5O3. The number of hydrogen-bond donors (Lipinski definition) is 1. The van der Waals surface area contributed by atoms with Gasteiger partial charge < -0.3 is 19.1 Å². The molecule has 0 amide bonds. The van der Waals surface area contributed by atoms with Gasteiger partial charge in [0.25, 0.3) is 11.5 Å². The topological polar surface area (TPSA) is 95.1 Å². The Labute approximate surface area is 178 Å². The fourth-order valence-corrected chi connectivity index (χ4v) is 3.96. The first-order chi connectivity index (χ1) is 15.0. The summed E-state index contributed by atoms with van der Waals surface area (Å²) in [7, 11) is 1.79. The van der Waals surface area contributed by atoms with Gasteiger partial charge in [-0.3, -0.25) is 9.78 Å². The Balaban J connectivity index is 1.51. The van der Waals surface area contributed by atoms with E-state index in [1.807, 2.05) is 44.2 Å². The summed E-state index contributed by atoms with van der Waals surface area (Å²) in [6.07, 6.45) is 2.69. The Bertz CT molecular complexity index is 1340. The predicted molar refractivity (Wildman–Crippen MR) is 118 cm³/mol. The molecule has 31 heavy (non-hydrogen) atoms. The van der Waals surface area contributed by atoms with E-state index in [2.05, 4.69) is 20.4 Å². The zero-order chi connectivity index (χ0) is 21.5. The van der Waals surface area contributed by atoms with Gasteiger partial charge in [0.05, 0.1) is 18.0 Å². The van der Waals surface area contributed by atoms with Crippen LogP contribution in [0.5, 0.6) is 0 Å². The number of hydrogen-bond acceptors (Lipinski definition) is 7. The van der Waals surface area contributed by atoms with Gasteiger partial charge in [-0.15, -0.1) is 0 Å². The minimum Gasteiger partial charge on any atom is -0.381 e. The highest BCUT2D eigenvalue weighted by Crippen LogP contribution is 2.29. The molecule has 0 saturated carbocycles. The normalized spacial score (nSPS) is 16.2. The Kier molecular flexibility index (Phi) is 4.78. The lowest BCUT2D eigenvalue weighted by molar-refractivity contribution is 0.189. The van der Waals surface area contributed by atoms with Crippen LogP contribution in [0.25, 0.3) is 22.0 Å². The second-order valence-electron chi connectivity index (χ2n) is 7.98. The molecule has 1 aliphatic rings. The van der Waals surface area contributed by atoms with Crippen LogP contribution in [-0.4, -0.2) is 32.9 Å². The van der Waals surface area contributed by atoms with Gasteiger partial charge in [-0.25, -0.2) is 0 Å². The smallest absolute Gasteiger partial charge is 0.267 e. The Morgan fingerprint density at radius 3 is 2.84 bits per heavy atom. The highest BCUT2D eigenvalue weighted by atomic mass is 16.5. The standard InChI is InChI=1S/C23H23N5O3/c1-13-4-5-17(25-23-26-21(31-27-23)15-6-7-30-12-15)10-18(13)19-9-16-11-24-14(2)8-20(16)28(3)22(19)29/h4-5,8-11,15H,6-7,12H2,1-3H3,(H,25,27). The molecule has 1 saturated heterocycles. The van der Waals surface area contributed by atoms with Crippen molar-refractivity contribution in [1.29, 1.82) is 0 Å². The zero-order valence-electron chi connectivity index (χ0n) is 17.7. The van der Waals surface area contributed by atoms with Crippen LogP contribution in [0.15, 0.2) is 45.8 Å². The minimum absolute atomic E-state index is 0.0542. The molecule has 158 valence electrons. The van der Waals surface area contributed by atoms with Crippen molar-refractivity contribution < 1.29 is 9.26 Å². The van der Waals surface area contributed by atoms with Gasteiger partial charge >= 0.3 is 0 Å². The van der Waals surface area contributed by atoms with Gasteiger partial charge in [-0.05, 0) is 60.8 Å². The van der Waals surface area contributed by atoms with Crippen LogP contribution in [0.3, 0.4) is 0 Å². The summed E-state index contributed by atoms with van der Waals surface area (Å²) in [4.78, 5) is 22.0. The van der Waals surface area contributed by atoms with E-state index >= 15 is 0 Å². The minimum atomic E-state index is -0.0542. The second kappa shape index (κ2) is 7.63. The quantitative estimate of drug-likeness (QED) is 0.539. The van der Waals surface area contributed by atoms with E-state index in [-0.39, 0.29) is 11.5 Å². The van der Waals surface area contributed by atoms with E-state index in [0.29, 0.717) is 30.6 Å². The number of fused-ring (bicyclic) bond motifs is 1. The van der Waals surface area contributed by atoms with Crippen molar-refractivity contribution in [3.05, 3.63) is 64.0 Å². The van der Waals surface area contributed by atoms with Crippen molar-refractivity contribution >= 4 is 22.5 Å². The fourth-order valence-electron chi connectivity index (χ4n) is 3.96. The molecule has 0 aliphatic carbocycles. The lowest BCUT2D eigenvalue weighted by atomic mass is 9.99. The SMILES string of the molecule is Cc1cc2c(cn1)cc(-c1cc(Nc3noc(C4CCOC4)n3)ccc1C)c(=O)n2C. The molecule has 3 aromatic heterocycles. The molecular weight excluding hydrogens is 394 g/mol. The van der Waals surface area contributed by atoms with Gasteiger partial charge in [-0.1, -0.05) is 6.07 Å². The number of nitrogens with one attached hydrogen (secondary N) is 1. The number of aryl methyl sites for hydroxylation is 3. The van der Waals surface area contributed by atoms with Crippen LogP contribution in [-0.2, 0) is 11.8 Å². The molecule has 4 heterocycles. The molecule has 8 nitrogen and oxygen atoms in total. The van der Waals surface area contributed by atoms with Crippen molar-refractivity contribution in [2.24, 2.45) is 7.05 Å². The lowest BCUT2D eigenvalue weighted by Gasteiger charge is -2.12. The molecule has 1 fully saturated rings. The fraction of sp³-hybridized carbons (Fsp3) is 0.304. The molecule has 1 aliphatic heterocycles. The Morgan fingerprint density at radius 2 is 2.03 bits per heavy atom. The van der Waals surface area contributed by atoms with Crippen LogP contribution < -0.4 is 10.9 Å². The molecule has 1 unspecified atom stereocenters. The number of aromatic nitrogens is 4. The van der Waals surface area contributed by atoms with Gasteiger partial charge in [-0.2, -0.15) is 4.98 Å². The largest absolute Gasteiger partial charge is 0.381 e. The van der Waals surface area contributed by atoms with Crippen LogP contribution in [0.4, 0.5) is 11.6 Å². The number of rotatable bonds is 4. The van der Waals surface area contributed by atoms with Crippen molar-refractivity contribution in [2.45, 2.75) is 26.2 Å². The lowest BCUT2D eigenvalue weighted by Crippen LogP contribution is -2.19. The highest BCUT2D eigenvalue weighted by molar-refractivity contribution is 5.85. The average molecular weight is 417 g/mol. The van der Waals surface area contributed by atoms with Crippen LogP contribution in [0, 0.1) is 13.8 Å². The van der Waals surface area contributed by atoms with E-state index in [9.17, 15) is 4.79 Å². The first kappa shape index (κ1) is 19.4. The van der Waals surface area contributed by atoms with Gasteiger partial charge in [0.1, 0.15) is 0 Å². The summed E-state index contributed by atoms with van der Waals surface area (Å²) in [6.45, 7) is 5.23. The number of nitrogens with zero attached hydrogens (tertiary/aromatic N) is 4. The third kappa shape index (κ3) is 3.59. The third-order valence-electron chi connectivity index (χ3n) is 5.75. The van der Waals surface area contributed by atoms with E-state index in [1.54, 1.807) is 17.8 Å². The molecule has 0 spiro atoms. The maximum atomic E-state index is 13.1. The molecule has 1 N–H and O–H groups in total. The number of anilines is 2. The van der Waals surface area contributed by atoms with E-state index in [4.69, 9.17) is 9.26 Å². The van der Waals surface area contributed by atoms with Crippen molar-refractivity contribution in [1.82, 2.24) is 19.7 Å². The van der Waals surface area contributed by atoms with E-state index in [0.717, 1.165) is 39.8 Å². The summed E-state index contributed by atoms with van der Waals surface area (Å²) in [5.74, 6) is 1.12. The maximum Gasteiger partial charge on any atom is 0.267 e. The highest BCUT2D eigenvalue weighted by Gasteiger charge is 2.24. The first-order valence-electron chi connectivity index (χ1n) is 10.3. The molecule has 1 atom stereocenters. The van der Waals surface area contributed by atoms with Crippen LogP contribution in [0.2, 0.25) is 0 Å². The maximum absolute atomic E-state index is 13.1. The predicted octanol–water partition coefficient (Wildman–Crippen LogP) is 3.85. The summed E-state index contributed by atoms with van der Waals surface area (Å²) in [5, 5.41) is 8.14. The average Bonchev–Trinajstić information content (AvgIpc) is 3.45. The van der Waals surface area contributed by atoms with Crippen molar-refractivity contribution in [3.8, 4) is 11.1 Å². The summed E-state index contributed by atoms with van der Waals surface area (Å²) in [5.41, 5.74) is 4.93. The van der Waals surface area contributed by atoms with Crippen LogP contribution >= 0.6 is 0 Å². The van der Waals surface area contributed by atoms with Gasteiger partial charge in [0.15, 0.2) is 0 Å². The molecule has 8 heteroatoms. The first-order valence-corrected chi connectivity index (χ1v) is 10.3. The van der Waals surface area contributed by atoms with Gasteiger partial charge in [0, 0.05) is 42.2 Å². The Morgan fingerprint density at radius 1 is 1.16 bits per heavy atom. The molecule has 0 bridgehead atoms. The van der Waals surface area contributed by atoms with E-state index < -0.39 is 0 Å². The Hall–Kier alpha value is -3.52. The summed E-state index contributed by atoms with van der Waals surface area (Å²) < 4.78 is 12.5. The molecule has 0 radical (unpaired) electrons. The number of pyridine rings is 2. The van der Waals surface area contributed by atoms with Crippen molar-refractivity contribution in [2.75, 3.05) is 18.5 Å². The summed E-state index contributed by atoms with van der Waals surface area (Å²) in [6, 6.07) is 9.68. The number of ether oxygens (including phenoxy) is 1. The molecule has 4 aromatic rings. The number of benzene rings is 1. The third-order valence-corrected chi connectivity index (χ3v) is 5.75. The molecule has 5 rings (SSSR count). The second-order valence-corrected chi connectivity index (χ2v) is 7.98. The van der Waals surface area contributed by atoms with E-state index in [1.165, 1.54) is 0 Å².